The van der Waals surface area contributed by atoms with E-state index < -0.39 is 5.41 Å². The maximum atomic E-state index is 2.61. The van der Waals surface area contributed by atoms with Gasteiger partial charge in [0.15, 0.2) is 0 Å². The van der Waals surface area contributed by atoms with Gasteiger partial charge in [-0.1, -0.05) is 139 Å². The second-order valence-electron chi connectivity index (χ2n) is 19.1. The minimum Gasteiger partial charge on any atom is -0.311 e. The Hall–Kier alpha value is -7.40. The molecular formula is C62H45BN2S. The summed E-state index contributed by atoms with van der Waals surface area (Å²) in [6, 6.07) is 69.8. The number of para-hydroxylation sites is 1. The van der Waals surface area contributed by atoms with Crippen LogP contribution in [0.4, 0.5) is 34.1 Å². The van der Waals surface area contributed by atoms with E-state index in [1.165, 1.54) is 143 Å². The van der Waals surface area contributed by atoms with Crippen molar-refractivity contribution in [2.45, 2.75) is 40.0 Å². The molecule has 0 fully saturated rings. The van der Waals surface area contributed by atoms with E-state index in [9.17, 15) is 0 Å². The molecule has 4 aliphatic rings. The lowest BCUT2D eigenvalue weighted by Crippen LogP contribution is -2.60. The number of thiophene rings is 1. The van der Waals surface area contributed by atoms with Crippen molar-refractivity contribution < 1.29 is 0 Å². The van der Waals surface area contributed by atoms with Gasteiger partial charge in [-0.15, -0.1) is 11.3 Å². The zero-order valence-corrected chi connectivity index (χ0v) is 38.5. The van der Waals surface area contributed by atoms with Crippen LogP contribution in [0.25, 0.3) is 43.5 Å². The molecule has 0 bridgehead atoms. The Morgan fingerprint density at radius 1 is 0.439 bits per heavy atom. The molecule has 1 aromatic heterocycles. The van der Waals surface area contributed by atoms with Gasteiger partial charge in [0.05, 0.1) is 11.1 Å². The Bertz CT molecular complexity index is 3660. The molecule has 0 atom stereocenters. The molecule has 3 heterocycles. The molecule has 0 saturated heterocycles. The highest BCUT2D eigenvalue weighted by molar-refractivity contribution is 7.33. The highest BCUT2D eigenvalue weighted by Crippen LogP contribution is 2.64. The van der Waals surface area contributed by atoms with Crippen LogP contribution in [-0.4, -0.2) is 6.71 Å². The molecule has 10 aromatic rings. The summed E-state index contributed by atoms with van der Waals surface area (Å²) in [6.45, 7) is 11.2. The van der Waals surface area contributed by atoms with Gasteiger partial charge in [0.25, 0.3) is 6.71 Å². The predicted octanol–water partition coefficient (Wildman–Crippen LogP) is 14.5. The third-order valence-electron chi connectivity index (χ3n) is 15.2. The van der Waals surface area contributed by atoms with E-state index in [2.05, 4.69) is 226 Å². The molecule has 1 spiro atoms. The molecule has 14 rings (SSSR count). The van der Waals surface area contributed by atoms with Gasteiger partial charge in [-0.25, -0.2) is 0 Å². The molecule has 2 aliphatic carbocycles. The quantitative estimate of drug-likeness (QED) is 0.163. The molecule has 2 aliphatic heterocycles. The summed E-state index contributed by atoms with van der Waals surface area (Å²) in [5, 5.41) is 1.31. The largest absolute Gasteiger partial charge is 0.311 e. The Kier molecular flexibility index (Phi) is 7.80. The van der Waals surface area contributed by atoms with Gasteiger partial charge in [-0.2, -0.15) is 0 Å². The fourth-order valence-electron chi connectivity index (χ4n) is 12.6. The fourth-order valence-corrected chi connectivity index (χ4v) is 13.9. The lowest BCUT2D eigenvalue weighted by Gasteiger charge is -2.43. The number of aryl methyl sites for hydroxylation is 5. The number of anilines is 6. The molecular weight excluding hydrogens is 816 g/mol. The second-order valence-corrected chi connectivity index (χ2v) is 20.2. The van der Waals surface area contributed by atoms with Gasteiger partial charge in [0, 0.05) is 43.3 Å². The number of nitrogens with zero attached hydrogens (tertiary/aromatic N) is 2. The maximum Gasteiger partial charge on any atom is 0.264 e. The molecule has 312 valence electrons. The smallest absolute Gasteiger partial charge is 0.264 e. The van der Waals surface area contributed by atoms with E-state index in [1.807, 2.05) is 11.3 Å². The molecule has 2 nitrogen and oxygen atoms in total. The Morgan fingerprint density at radius 3 is 1.79 bits per heavy atom. The van der Waals surface area contributed by atoms with Gasteiger partial charge in [0.1, 0.15) is 0 Å². The van der Waals surface area contributed by atoms with Crippen LogP contribution in [0.15, 0.2) is 182 Å². The monoisotopic (exact) mass is 860 g/mol. The first-order valence-corrected chi connectivity index (χ1v) is 24.1. The van der Waals surface area contributed by atoms with Crippen molar-refractivity contribution in [3.8, 4) is 33.4 Å². The van der Waals surface area contributed by atoms with Crippen molar-refractivity contribution in [1.29, 1.82) is 0 Å². The van der Waals surface area contributed by atoms with E-state index in [-0.39, 0.29) is 6.71 Å². The number of rotatable bonds is 3. The van der Waals surface area contributed by atoms with Crippen LogP contribution in [0.2, 0.25) is 0 Å². The van der Waals surface area contributed by atoms with Crippen molar-refractivity contribution >= 4 is 78.0 Å². The normalized spacial score (nSPS) is 14.2. The average molecular weight is 861 g/mol. The molecule has 0 amide bonds. The van der Waals surface area contributed by atoms with E-state index in [4.69, 9.17) is 0 Å². The average Bonchev–Trinajstić information content (AvgIpc) is 3.94. The summed E-state index contributed by atoms with van der Waals surface area (Å²) in [5.74, 6) is 0. The minimum absolute atomic E-state index is 0.0262. The van der Waals surface area contributed by atoms with E-state index in [0.717, 1.165) is 0 Å². The first-order valence-electron chi connectivity index (χ1n) is 23.3. The van der Waals surface area contributed by atoms with E-state index >= 15 is 0 Å². The third kappa shape index (κ3) is 4.92. The van der Waals surface area contributed by atoms with E-state index in [0.29, 0.717) is 0 Å². The number of fused-ring (bicyclic) bond motifs is 16. The van der Waals surface area contributed by atoms with Crippen molar-refractivity contribution in [1.82, 2.24) is 0 Å². The summed E-state index contributed by atoms with van der Waals surface area (Å²) < 4.78 is 2.72. The van der Waals surface area contributed by atoms with Crippen LogP contribution >= 0.6 is 11.3 Å². The summed E-state index contributed by atoms with van der Waals surface area (Å²) in [6.07, 6.45) is 0. The SMILES string of the molecule is Cc1ccc(N2c3cc(C)cc4c3B(c3ccc(-c5c(C)cccc5C)cc3N4c3ccccc3)c3sc4cc5c(cc4c32)-c2ccc(C)cc2C52c3ccccc3-c3ccccc32)cc1. The first kappa shape index (κ1) is 37.9. The summed E-state index contributed by atoms with van der Waals surface area (Å²) in [5.41, 5.74) is 29.5. The molecule has 0 unspecified atom stereocenters. The van der Waals surface area contributed by atoms with Crippen LogP contribution in [0.5, 0.6) is 0 Å². The van der Waals surface area contributed by atoms with Gasteiger partial charge in [0.2, 0.25) is 0 Å². The van der Waals surface area contributed by atoms with Crippen LogP contribution in [0.1, 0.15) is 50.1 Å². The zero-order chi connectivity index (χ0) is 44.2. The van der Waals surface area contributed by atoms with Crippen molar-refractivity contribution in [2.75, 3.05) is 9.80 Å². The van der Waals surface area contributed by atoms with Crippen LogP contribution in [-0.2, 0) is 5.41 Å². The predicted molar refractivity (Wildman–Crippen MR) is 281 cm³/mol. The maximum absolute atomic E-state index is 2.61. The lowest BCUT2D eigenvalue weighted by atomic mass is 9.36. The number of hydrogen-bond donors (Lipinski definition) is 0. The summed E-state index contributed by atoms with van der Waals surface area (Å²) >= 11 is 2.00. The first-order chi connectivity index (χ1) is 32.3. The van der Waals surface area contributed by atoms with Crippen LogP contribution < -0.4 is 25.5 Å². The van der Waals surface area contributed by atoms with Gasteiger partial charge >= 0.3 is 0 Å². The minimum atomic E-state index is -0.413. The Balaban J connectivity index is 1.10. The number of hydrogen-bond acceptors (Lipinski definition) is 3. The standard InChI is InChI=1S/C62H45BN2S/c1-36-22-26-43(27-23-36)65-56-32-38(3)31-55-59(56)63(53-29-25-41(58-39(4)14-13-15-40(58)5)33-54(53)64(55)42-16-7-6-8-17-42)61-60(65)48-34-47-46-28-24-37(2)30-51(46)62(52(47)35-57(48)66-61)49-20-11-9-18-44(49)45-19-10-12-21-50(45)62/h6-35H,1-5H3. The van der Waals surface area contributed by atoms with Crippen molar-refractivity contribution in [2.24, 2.45) is 0 Å². The molecule has 0 N–H and O–H groups in total. The number of benzene rings is 9. The topological polar surface area (TPSA) is 6.48 Å². The second kappa shape index (κ2) is 13.6. The van der Waals surface area contributed by atoms with Crippen molar-refractivity contribution in [3.05, 3.63) is 232 Å². The highest BCUT2D eigenvalue weighted by atomic mass is 32.1. The molecule has 0 saturated carbocycles. The van der Waals surface area contributed by atoms with Gasteiger partial charge < -0.3 is 9.80 Å². The van der Waals surface area contributed by atoms with E-state index in [1.54, 1.807) is 0 Å². The fraction of sp³-hybridized carbons (Fsp3) is 0.0968. The Morgan fingerprint density at radius 2 is 1.06 bits per heavy atom. The highest BCUT2D eigenvalue weighted by Gasteiger charge is 2.53. The molecule has 4 heteroatoms. The lowest BCUT2D eigenvalue weighted by molar-refractivity contribution is 0.794. The Labute approximate surface area is 391 Å². The third-order valence-corrected chi connectivity index (χ3v) is 16.5. The molecule has 9 aromatic carbocycles. The molecule has 66 heavy (non-hydrogen) atoms. The van der Waals surface area contributed by atoms with Crippen LogP contribution in [0.3, 0.4) is 0 Å². The van der Waals surface area contributed by atoms with Gasteiger partial charge in [-0.3, -0.25) is 0 Å². The van der Waals surface area contributed by atoms with Crippen LogP contribution in [0, 0.1) is 34.6 Å². The zero-order valence-electron chi connectivity index (χ0n) is 37.7. The summed E-state index contributed by atoms with van der Waals surface area (Å²) in [7, 11) is 0. The van der Waals surface area contributed by atoms with Gasteiger partial charge in [-0.05, 0) is 172 Å². The van der Waals surface area contributed by atoms with Crippen molar-refractivity contribution in [3.63, 3.8) is 0 Å². The summed E-state index contributed by atoms with van der Waals surface area (Å²) in [4.78, 5) is 5.16. The molecule has 0 radical (unpaired) electrons.